The van der Waals surface area contributed by atoms with Gasteiger partial charge in [-0.15, -0.1) is 0 Å². The van der Waals surface area contributed by atoms with E-state index >= 15 is 0 Å². The first kappa shape index (κ1) is 7.30. The number of hydrogen-bond donors (Lipinski definition) is 1. The lowest BCUT2D eigenvalue weighted by Gasteiger charge is -2.11. The average molecular weight is 167 g/mol. The van der Waals surface area contributed by atoms with Gasteiger partial charge in [0.2, 0.25) is 0 Å². The van der Waals surface area contributed by atoms with Gasteiger partial charge in [-0.25, -0.2) is 5.06 Å². The standard InChI is InChI=1S/C7H9N3O2/c11-7(6-2-3-8-9-6)10-4-1-5-12-10/h2-3H,1,4-5H2,(H,8,9). The van der Waals surface area contributed by atoms with Crippen LogP contribution in [0, 0.1) is 0 Å². The third-order valence-electron chi connectivity index (χ3n) is 1.71. The van der Waals surface area contributed by atoms with E-state index in [4.69, 9.17) is 4.84 Å². The van der Waals surface area contributed by atoms with Gasteiger partial charge in [0.15, 0.2) is 0 Å². The molecule has 5 heteroatoms. The summed E-state index contributed by atoms with van der Waals surface area (Å²) in [6.07, 6.45) is 2.45. The lowest BCUT2D eigenvalue weighted by atomic mass is 10.4. The molecule has 1 aliphatic rings. The molecule has 0 atom stereocenters. The highest BCUT2D eigenvalue weighted by atomic mass is 16.7. The summed E-state index contributed by atoms with van der Waals surface area (Å²) in [5.74, 6) is -0.148. The van der Waals surface area contributed by atoms with Crippen molar-refractivity contribution >= 4 is 5.91 Å². The summed E-state index contributed by atoms with van der Waals surface area (Å²) in [6.45, 7) is 1.29. The topological polar surface area (TPSA) is 58.2 Å². The zero-order valence-electron chi connectivity index (χ0n) is 6.49. The monoisotopic (exact) mass is 167 g/mol. The molecule has 0 saturated carbocycles. The Morgan fingerprint density at radius 1 is 1.75 bits per heavy atom. The normalized spacial score (nSPS) is 16.8. The number of nitrogens with one attached hydrogen (secondary N) is 1. The van der Waals surface area contributed by atoms with Gasteiger partial charge >= 0.3 is 0 Å². The van der Waals surface area contributed by atoms with Gasteiger partial charge in [0.05, 0.1) is 13.2 Å². The van der Waals surface area contributed by atoms with Crippen LogP contribution in [0.1, 0.15) is 16.9 Å². The minimum absolute atomic E-state index is 0.148. The number of nitrogens with zero attached hydrogens (tertiary/aromatic N) is 2. The van der Waals surface area contributed by atoms with Gasteiger partial charge in [-0.1, -0.05) is 0 Å². The third kappa shape index (κ3) is 1.18. The van der Waals surface area contributed by atoms with Crippen molar-refractivity contribution in [2.24, 2.45) is 0 Å². The maximum absolute atomic E-state index is 11.4. The van der Waals surface area contributed by atoms with Crippen LogP contribution in [0.3, 0.4) is 0 Å². The number of hydroxylamine groups is 2. The Hall–Kier alpha value is -1.36. The molecule has 64 valence electrons. The fourth-order valence-electron chi connectivity index (χ4n) is 1.12. The number of hydrogen-bond acceptors (Lipinski definition) is 3. The highest BCUT2D eigenvalue weighted by Crippen LogP contribution is 2.08. The number of H-pyrrole nitrogens is 1. The molecule has 0 aromatic carbocycles. The van der Waals surface area contributed by atoms with E-state index in [-0.39, 0.29) is 5.91 Å². The first-order valence-electron chi connectivity index (χ1n) is 3.82. The van der Waals surface area contributed by atoms with Crippen molar-refractivity contribution in [2.45, 2.75) is 6.42 Å². The van der Waals surface area contributed by atoms with Crippen molar-refractivity contribution in [3.63, 3.8) is 0 Å². The molecule has 1 saturated heterocycles. The zero-order valence-corrected chi connectivity index (χ0v) is 6.49. The number of amides is 1. The summed E-state index contributed by atoms with van der Waals surface area (Å²) in [4.78, 5) is 16.5. The van der Waals surface area contributed by atoms with E-state index in [0.29, 0.717) is 18.8 Å². The predicted molar refractivity (Wildman–Crippen MR) is 40.2 cm³/mol. The van der Waals surface area contributed by atoms with E-state index in [1.165, 1.54) is 5.06 Å². The number of aromatic nitrogens is 2. The van der Waals surface area contributed by atoms with Crippen LogP contribution in [-0.4, -0.2) is 34.3 Å². The van der Waals surface area contributed by atoms with Crippen LogP contribution in [0.2, 0.25) is 0 Å². The summed E-state index contributed by atoms with van der Waals surface area (Å²) >= 11 is 0. The van der Waals surface area contributed by atoms with Crippen LogP contribution >= 0.6 is 0 Å². The average Bonchev–Trinajstić information content (AvgIpc) is 2.77. The summed E-state index contributed by atoms with van der Waals surface area (Å²) in [6, 6.07) is 1.63. The van der Waals surface area contributed by atoms with E-state index < -0.39 is 0 Å². The molecule has 12 heavy (non-hydrogen) atoms. The van der Waals surface area contributed by atoms with Crippen LogP contribution in [0.25, 0.3) is 0 Å². The van der Waals surface area contributed by atoms with E-state index in [1.807, 2.05) is 0 Å². The van der Waals surface area contributed by atoms with Gasteiger partial charge in [0.25, 0.3) is 5.91 Å². The third-order valence-corrected chi connectivity index (χ3v) is 1.71. The van der Waals surface area contributed by atoms with Crippen molar-refractivity contribution in [3.8, 4) is 0 Å². The van der Waals surface area contributed by atoms with Gasteiger partial charge in [-0.05, 0) is 12.5 Å². The highest BCUT2D eigenvalue weighted by molar-refractivity contribution is 5.91. The highest BCUT2D eigenvalue weighted by Gasteiger charge is 2.21. The summed E-state index contributed by atoms with van der Waals surface area (Å²) in [7, 11) is 0. The van der Waals surface area contributed by atoms with Crippen molar-refractivity contribution < 1.29 is 9.63 Å². The van der Waals surface area contributed by atoms with E-state index in [9.17, 15) is 4.79 Å². The molecule has 2 rings (SSSR count). The summed E-state index contributed by atoms with van der Waals surface area (Å²) in [5.41, 5.74) is 0.469. The smallest absolute Gasteiger partial charge is 0.273 e. The molecule has 2 heterocycles. The second-order valence-corrected chi connectivity index (χ2v) is 2.56. The molecular weight excluding hydrogens is 158 g/mol. The Morgan fingerprint density at radius 3 is 3.25 bits per heavy atom. The molecule has 0 spiro atoms. The minimum atomic E-state index is -0.148. The number of rotatable bonds is 1. The summed E-state index contributed by atoms with van der Waals surface area (Å²) in [5, 5.41) is 7.63. The molecule has 0 aliphatic carbocycles. The minimum Gasteiger partial charge on any atom is -0.273 e. The Kier molecular flexibility index (Phi) is 1.79. The fourth-order valence-corrected chi connectivity index (χ4v) is 1.12. The van der Waals surface area contributed by atoms with Crippen LogP contribution < -0.4 is 0 Å². The molecule has 5 nitrogen and oxygen atoms in total. The number of carbonyl (C=O) groups is 1. The maximum Gasteiger partial charge on any atom is 0.295 e. The fraction of sp³-hybridized carbons (Fsp3) is 0.429. The number of carbonyl (C=O) groups excluding carboxylic acids is 1. The molecule has 0 unspecified atom stereocenters. The van der Waals surface area contributed by atoms with Gasteiger partial charge in [-0.2, -0.15) is 5.10 Å². The van der Waals surface area contributed by atoms with Crippen molar-refractivity contribution in [1.29, 1.82) is 0 Å². The quantitative estimate of drug-likeness (QED) is 0.649. The Balaban J connectivity index is 2.09. The van der Waals surface area contributed by atoms with Crippen molar-refractivity contribution in [3.05, 3.63) is 18.0 Å². The van der Waals surface area contributed by atoms with Crippen LogP contribution in [-0.2, 0) is 4.84 Å². The van der Waals surface area contributed by atoms with E-state index in [1.54, 1.807) is 12.3 Å². The van der Waals surface area contributed by atoms with E-state index in [2.05, 4.69) is 10.2 Å². The molecule has 1 aromatic rings. The molecule has 0 radical (unpaired) electrons. The second-order valence-electron chi connectivity index (χ2n) is 2.56. The molecule has 1 aromatic heterocycles. The van der Waals surface area contributed by atoms with Crippen molar-refractivity contribution in [2.75, 3.05) is 13.2 Å². The number of aromatic amines is 1. The van der Waals surface area contributed by atoms with Gasteiger partial charge < -0.3 is 0 Å². The molecule has 1 fully saturated rings. The van der Waals surface area contributed by atoms with Crippen molar-refractivity contribution in [1.82, 2.24) is 15.3 Å². The lowest BCUT2D eigenvalue weighted by Crippen LogP contribution is -2.26. The lowest BCUT2D eigenvalue weighted by molar-refractivity contribution is -0.0771. The first-order chi connectivity index (χ1) is 5.88. The largest absolute Gasteiger partial charge is 0.295 e. The van der Waals surface area contributed by atoms with Gasteiger partial charge in [0, 0.05) is 6.20 Å². The van der Waals surface area contributed by atoms with Crippen LogP contribution in [0.15, 0.2) is 12.3 Å². The van der Waals surface area contributed by atoms with Gasteiger partial charge in [0.1, 0.15) is 5.69 Å². The maximum atomic E-state index is 11.4. The Bertz CT molecular complexity index is 264. The van der Waals surface area contributed by atoms with E-state index in [0.717, 1.165) is 6.42 Å². The zero-order chi connectivity index (χ0) is 8.39. The molecule has 1 aliphatic heterocycles. The SMILES string of the molecule is O=C(c1ccn[nH]1)N1CCCO1. The van der Waals surface area contributed by atoms with Gasteiger partial charge in [-0.3, -0.25) is 14.7 Å². The molecule has 1 amide bonds. The summed E-state index contributed by atoms with van der Waals surface area (Å²) < 4.78 is 0. The van der Waals surface area contributed by atoms with Crippen LogP contribution in [0.5, 0.6) is 0 Å². The van der Waals surface area contributed by atoms with Crippen LogP contribution in [0.4, 0.5) is 0 Å². The second kappa shape index (κ2) is 2.94. The first-order valence-corrected chi connectivity index (χ1v) is 3.82. The Labute approximate surface area is 69.3 Å². The molecule has 0 bridgehead atoms. The predicted octanol–water partition coefficient (Wildman–Crippen LogP) is 0.187. The Morgan fingerprint density at radius 2 is 2.67 bits per heavy atom. The molecule has 1 N–H and O–H groups in total. The molecular formula is C7H9N3O2.